The minimum atomic E-state index is -0.210. The lowest BCUT2D eigenvalue weighted by molar-refractivity contribution is 0.625. The monoisotopic (exact) mass is 271 g/mol. The average molecular weight is 271 g/mol. The van der Waals surface area contributed by atoms with Gasteiger partial charge in [-0.3, -0.25) is 0 Å². The van der Waals surface area contributed by atoms with Crippen molar-refractivity contribution in [2.45, 2.75) is 12.5 Å². The first kappa shape index (κ1) is 12.3. The third-order valence-corrected chi connectivity index (χ3v) is 4.26. The molecule has 19 heavy (non-hydrogen) atoms. The second-order valence-corrected chi connectivity index (χ2v) is 5.54. The molecule has 0 bridgehead atoms. The third kappa shape index (κ3) is 2.53. The Morgan fingerprint density at radius 1 is 1.05 bits per heavy atom. The second-order valence-electron chi connectivity index (χ2n) is 4.62. The van der Waals surface area contributed by atoms with Gasteiger partial charge < -0.3 is 5.73 Å². The molecule has 0 saturated heterocycles. The van der Waals surface area contributed by atoms with Crippen LogP contribution >= 0.6 is 11.3 Å². The Balaban J connectivity index is 1.87. The number of fused-ring (bicyclic) bond motifs is 1. The van der Waals surface area contributed by atoms with Crippen LogP contribution in [0.25, 0.3) is 10.1 Å². The Morgan fingerprint density at radius 2 is 1.79 bits per heavy atom. The average Bonchev–Trinajstić information content (AvgIpc) is 2.85. The minimum Gasteiger partial charge on any atom is -0.324 e. The van der Waals surface area contributed by atoms with Crippen LogP contribution in [-0.2, 0) is 6.42 Å². The molecule has 0 fully saturated rings. The normalized spacial score (nSPS) is 12.7. The lowest BCUT2D eigenvalue weighted by atomic mass is 9.99. The van der Waals surface area contributed by atoms with Gasteiger partial charge >= 0.3 is 0 Å². The van der Waals surface area contributed by atoms with E-state index in [4.69, 9.17) is 5.73 Å². The van der Waals surface area contributed by atoms with E-state index < -0.39 is 0 Å². The first-order chi connectivity index (χ1) is 9.24. The number of rotatable bonds is 3. The highest BCUT2D eigenvalue weighted by Gasteiger charge is 2.12. The van der Waals surface area contributed by atoms with E-state index in [-0.39, 0.29) is 11.9 Å². The number of hydrogen-bond acceptors (Lipinski definition) is 2. The molecule has 2 N–H and O–H groups in total. The van der Waals surface area contributed by atoms with Gasteiger partial charge in [0, 0.05) is 10.7 Å². The molecule has 0 spiro atoms. The van der Waals surface area contributed by atoms with E-state index in [1.54, 1.807) is 23.5 Å². The summed E-state index contributed by atoms with van der Waals surface area (Å²) in [6.07, 6.45) is 0.723. The molecule has 3 aromatic rings. The molecule has 3 heteroatoms. The lowest BCUT2D eigenvalue weighted by Crippen LogP contribution is -2.12. The molecular weight excluding hydrogens is 257 g/mol. The zero-order valence-electron chi connectivity index (χ0n) is 10.3. The van der Waals surface area contributed by atoms with Crippen molar-refractivity contribution in [2.75, 3.05) is 0 Å². The molecule has 0 aliphatic carbocycles. The van der Waals surface area contributed by atoms with Crippen molar-refractivity contribution in [3.05, 3.63) is 70.9 Å². The number of benzene rings is 2. The fourth-order valence-electron chi connectivity index (χ4n) is 2.27. The first-order valence-electron chi connectivity index (χ1n) is 6.20. The van der Waals surface area contributed by atoms with Crippen molar-refractivity contribution in [1.82, 2.24) is 0 Å². The molecule has 1 nitrogen and oxygen atoms in total. The summed E-state index contributed by atoms with van der Waals surface area (Å²) in [6, 6.07) is 14.8. The van der Waals surface area contributed by atoms with Crippen LogP contribution in [0.1, 0.15) is 17.2 Å². The van der Waals surface area contributed by atoms with E-state index in [1.165, 1.54) is 27.8 Å². The molecule has 0 aliphatic rings. The van der Waals surface area contributed by atoms with Crippen LogP contribution in [0.2, 0.25) is 0 Å². The van der Waals surface area contributed by atoms with Gasteiger partial charge in [0.15, 0.2) is 0 Å². The van der Waals surface area contributed by atoms with Gasteiger partial charge in [-0.1, -0.05) is 30.3 Å². The van der Waals surface area contributed by atoms with Crippen molar-refractivity contribution in [3.63, 3.8) is 0 Å². The summed E-state index contributed by atoms with van der Waals surface area (Å²) in [5, 5.41) is 3.35. The van der Waals surface area contributed by atoms with E-state index in [2.05, 4.69) is 17.5 Å². The lowest BCUT2D eigenvalue weighted by Gasteiger charge is -2.11. The van der Waals surface area contributed by atoms with Gasteiger partial charge in [0.25, 0.3) is 0 Å². The molecule has 1 heterocycles. The van der Waals surface area contributed by atoms with Gasteiger partial charge in [-0.25, -0.2) is 4.39 Å². The molecule has 2 aromatic carbocycles. The van der Waals surface area contributed by atoms with Crippen LogP contribution in [0.4, 0.5) is 4.39 Å². The molecule has 1 aromatic heterocycles. The SMILES string of the molecule is NC(Cc1ccc(F)cc1)c1csc2ccccc12. The maximum Gasteiger partial charge on any atom is 0.123 e. The Kier molecular flexibility index (Phi) is 3.32. The van der Waals surface area contributed by atoms with Gasteiger partial charge in [0.05, 0.1) is 0 Å². The van der Waals surface area contributed by atoms with Crippen LogP contribution in [0, 0.1) is 5.82 Å². The Bertz CT molecular complexity index is 687. The van der Waals surface area contributed by atoms with Gasteiger partial charge in [-0.05, 0) is 46.5 Å². The topological polar surface area (TPSA) is 26.0 Å². The van der Waals surface area contributed by atoms with Crippen LogP contribution in [0.5, 0.6) is 0 Å². The molecule has 0 amide bonds. The van der Waals surface area contributed by atoms with E-state index in [0.29, 0.717) is 0 Å². The van der Waals surface area contributed by atoms with Crippen molar-refractivity contribution in [2.24, 2.45) is 5.73 Å². The van der Waals surface area contributed by atoms with Crippen molar-refractivity contribution in [1.29, 1.82) is 0 Å². The Labute approximate surface area is 115 Å². The fraction of sp³-hybridized carbons (Fsp3) is 0.125. The predicted molar refractivity (Wildman–Crippen MR) is 78.9 cm³/mol. The zero-order chi connectivity index (χ0) is 13.2. The van der Waals surface area contributed by atoms with Crippen molar-refractivity contribution < 1.29 is 4.39 Å². The summed E-state index contributed by atoms with van der Waals surface area (Å²) in [6.45, 7) is 0. The van der Waals surface area contributed by atoms with E-state index in [1.807, 2.05) is 12.1 Å². The van der Waals surface area contributed by atoms with E-state index >= 15 is 0 Å². The molecule has 1 atom stereocenters. The van der Waals surface area contributed by atoms with Crippen molar-refractivity contribution >= 4 is 21.4 Å². The van der Waals surface area contributed by atoms with Gasteiger partial charge in [-0.15, -0.1) is 11.3 Å². The summed E-state index contributed by atoms with van der Waals surface area (Å²) in [4.78, 5) is 0. The minimum absolute atomic E-state index is 0.0541. The molecule has 3 rings (SSSR count). The second kappa shape index (κ2) is 5.11. The predicted octanol–water partition coefficient (Wildman–Crippen LogP) is 4.28. The maximum atomic E-state index is 12.9. The highest BCUT2D eigenvalue weighted by molar-refractivity contribution is 7.17. The number of nitrogens with two attached hydrogens (primary N) is 1. The van der Waals surface area contributed by atoms with Crippen molar-refractivity contribution in [3.8, 4) is 0 Å². The van der Waals surface area contributed by atoms with Gasteiger partial charge in [0.1, 0.15) is 5.82 Å². The number of thiophene rings is 1. The van der Waals surface area contributed by atoms with Crippen LogP contribution in [0.15, 0.2) is 53.9 Å². The van der Waals surface area contributed by atoms with E-state index in [9.17, 15) is 4.39 Å². The molecule has 0 saturated carbocycles. The largest absolute Gasteiger partial charge is 0.324 e. The van der Waals surface area contributed by atoms with Crippen LogP contribution < -0.4 is 5.73 Å². The molecule has 0 aliphatic heterocycles. The standard InChI is InChI=1S/C16H14FNS/c17-12-7-5-11(6-8-12)9-15(18)14-10-19-16-4-2-1-3-13(14)16/h1-8,10,15H,9,18H2. The summed E-state index contributed by atoms with van der Waals surface area (Å²) in [5.74, 6) is -0.210. The fourth-order valence-corrected chi connectivity index (χ4v) is 3.30. The summed E-state index contributed by atoms with van der Waals surface area (Å²) >= 11 is 1.72. The zero-order valence-corrected chi connectivity index (χ0v) is 11.2. The Hall–Kier alpha value is -1.71. The smallest absolute Gasteiger partial charge is 0.123 e. The first-order valence-corrected chi connectivity index (χ1v) is 7.08. The molecule has 96 valence electrons. The van der Waals surface area contributed by atoms with Gasteiger partial charge in [-0.2, -0.15) is 0 Å². The quantitative estimate of drug-likeness (QED) is 0.756. The Morgan fingerprint density at radius 3 is 2.58 bits per heavy atom. The number of hydrogen-bond donors (Lipinski definition) is 1. The molecule has 1 unspecified atom stereocenters. The molecular formula is C16H14FNS. The summed E-state index contributed by atoms with van der Waals surface area (Å²) in [7, 11) is 0. The van der Waals surface area contributed by atoms with Gasteiger partial charge in [0.2, 0.25) is 0 Å². The highest BCUT2D eigenvalue weighted by atomic mass is 32.1. The van der Waals surface area contributed by atoms with Crippen LogP contribution in [-0.4, -0.2) is 0 Å². The van der Waals surface area contributed by atoms with Crippen LogP contribution in [0.3, 0.4) is 0 Å². The maximum absolute atomic E-state index is 12.9. The molecule has 0 radical (unpaired) electrons. The van der Waals surface area contributed by atoms with E-state index in [0.717, 1.165) is 12.0 Å². The summed E-state index contributed by atoms with van der Waals surface area (Å²) in [5.41, 5.74) is 8.52. The third-order valence-electron chi connectivity index (χ3n) is 3.28. The highest BCUT2D eigenvalue weighted by Crippen LogP contribution is 2.30. The number of halogens is 1. The summed E-state index contributed by atoms with van der Waals surface area (Å²) < 4.78 is 14.1.